The van der Waals surface area contributed by atoms with Crippen molar-refractivity contribution >= 4 is 11.3 Å². The number of hydrogen-bond donors (Lipinski definition) is 1. The van der Waals surface area contributed by atoms with Crippen LogP contribution in [-0.2, 0) is 13.0 Å². The highest BCUT2D eigenvalue weighted by atomic mass is 32.1. The quantitative estimate of drug-likeness (QED) is 0.880. The Morgan fingerprint density at radius 2 is 2.05 bits per heavy atom. The molecule has 1 aromatic carbocycles. The van der Waals surface area contributed by atoms with Crippen molar-refractivity contribution in [3.05, 3.63) is 52.0 Å². The van der Waals surface area contributed by atoms with E-state index in [1.54, 1.807) is 11.3 Å². The zero-order valence-electron chi connectivity index (χ0n) is 11.5. The molecule has 0 saturated heterocycles. The van der Waals surface area contributed by atoms with Gasteiger partial charge in [-0.2, -0.15) is 0 Å². The third-order valence-electron chi connectivity index (χ3n) is 3.45. The average Bonchev–Trinajstić information content (AvgIpc) is 2.82. The first-order chi connectivity index (χ1) is 9.20. The highest BCUT2D eigenvalue weighted by Gasteiger charge is 2.15. The molecule has 0 bridgehead atoms. The van der Waals surface area contributed by atoms with E-state index in [-0.39, 0.29) is 0 Å². The Kier molecular flexibility index (Phi) is 5.07. The van der Waals surface area contributed by atoms with Gasteiger partial charge in [-0.05, 0) is 26.0 Å². The number of rotatable bonds is 6. The topological polar surface area (TPSA) is 42.2 Å². The van der Waals surface area contributed by atoms with Gasteiger partial charge >= 0.3 is 0 Å². The average molecular weight is 275 g/mol. The van der Waals surface area contributed by atoms with Crippen molar-refractivity contribution in [2.75, 3.05) is 13.6 Å². The molecule has 19 heavy (non-hydrogen) atoms. The van der Waals surface area contributed by atoms with E-state index in [0.29, 0.717) is 12.6 Å². The Morgan fingerprint density at radius 1 is 1.32 bits per heavy atom. The molecule has 0 aliphatic carbocycles. The predicted octanol–water partition coefficient (Wildman–Crippen LogP) is 2.45. The number of benzene rings is 1. The summed E-state index contributed by atoms with van der Waals surface area (Å²) in [4.78, 5) is 7.95. The minimum Gasteiger partial charge on any atom is -0.329 e. The van der Waals surface area contributed by atoms with Crippen LogP contribution in [0.3, 0.4) is 0 Å². The standard InChI is InChI=1S/C15H21N3S/c1-12-15(19-11-17-12)10-18(2)14(9-16)8-13-6-4-3-5-7-13/h3-7,11,14H,8-10,16H2,1-2H3. The molecule has 0 spiro atoms. The first-order valence-electron chi connectivity index (χ1n) is 6.54. The molecule has 3 nitrogen and oxygen atoms in total. The molecule has 1 aromatic heterocycles. The van der Waals surface area contributed by atoms with E-state index < -0.39 is 0 Å². The van der Waals surface area contributed by atoms with Gasteiger partial charge in [-0.25, -0.2) is 4.98 Å². The van der Waals surface area contributed by atoms with Crippen LogP contribution in [0.1, 0.15) is 16.1 Å². The lowest BCUT2D eigenvalue weighted by molar-refractivity contribution is 0.238. The van der Waals surface area contributed by atoms with Crippen LogP contribution in [0.15, 0.2) is 35.8 Å². The number of aryl methyl sites for hydroxylation is 1. The first-order valence-corrected chi connectivity index (χ1v) is 7.42. The molecule has 102 valence electrons. The van der Waals surface area contributed by atoms with Gasteiger partial charge in [0.25, 0.3) is 0 Å². The molecule has 4 heteroatoms. The summed E-state index contributed by atoms with van der Waals surface area (Å²) in [7, 11) is 2.14. The van der Waals surface area contributed by atoms with E-state index in [2.05, 4.69) is 48.1 Å². The fraction of sp³-hybridized carbons (Fsp3) is 0.400. The van der Waals surface area contributed by atoms with Crippen molar-refractivity contribution in [1.82, 2.24) is 9.88 Å². The Labute approximate surface area is 119 Å². The van der Waals surface area contributed by atoms with Crippen LogP contribution in [0.5, 0.6) is 0 Å². The molecule has 0 radical (unpaired) electrons. The highest BCUT2D eigenvalue weighted by Crippen LogP contribution is 2.16. The summed E-state index contributed by atoms with van der Waals surface area (Å²) in [6, 6.07) is 10.9. The predicted molar refractivity (Wildman–Crippen MR) is 81.3 cm³/mol. The van der Waals surface area contributed by atoms with Crippen molar-refractivity contribution in [1.29, 1.82) is 0 Å². The first kappa shape index (κ1) is 14.2. The SMILES string of the molecule is Cc1ncsc1CN(C)C(CN)Cc1ccccc1. The van der Waals surface area contributed by atoms with Gasteiger partial charge < -0.3 is 5.73 Å². The van der Waals surface area contributed by atoms with Crippen LogP contribution in [-0.4, -0.2) is 29.5 Å². The molecule has 0 saturated carbocycles. The van der Waals surface area contributed by atoms with Crippen LogP contribution in [0.2, 0.25) is 0 Å². The van der Waals surface area contributed by atoms with E-state index in [1.165, 1.54) is 10.4 Å². The molecule has 0 aliphatic heterocycles. The van der Waals surface area contributed by atoms with E-state index in [1.807, 2.05) is 11.6 Å². The van der Waals surface area contributed by atoms with Crippen molar-refractivity contribution in [3.63, 3.8) is 0 Å². The minimum absolute atomic E-state index is 0.365. The summed E-state index contributed by atoms with van der Waals surface area (Å²) in [6.45, 7) is 3.66. The van der Waals surface area contributed by atoms with Gasteiger partial charge in [0.15, 0.2) is 0 Å². The van der Waals surface area contributed by atoms with Crippen LogP contribution in [0.4, 0.5) is 0 Å². The largest absolute Gasteiger partial charge is 0.329 e. The van der Waals surface area contributed by atoms with Gasteiger partial charge in [0.1, 0.15) is 0 Å². The molecule has 1 heterocycles. The number of hydrogen-bond acceptors (Lipinski definition) is 4. The summed E-state index contributed by atoms with van der Waals surface area (Å²) in [5.74, 6) is 0. The number of thiazole rings is 1. The van der Waals surface area contributed by atoms with Crippen LogP contribution in [0, 0.1) is 6.92 Å². The summed E-state index contributed by atoms with van der Waals surface area (Å²) in [5.41, 5.74) is 10.3. The van der Waals surface area contributed by atoms with Gasteiger partial charge in [0, 0.05) is 24.0 Å². The van der Waals surface area contributed by atoms with Crippen LogP contribution >= 0.6 is 11.3 Å². The molecular weight excluding hydrogens is 254 g/mol. The number of nitrogens with two attached hydrogens (primary N) is 1. The zero-order valence-corrected chi connectivity index (χ0v) is 12.4. The molecule has 0 fully saturated rings. The number of aromatic nitrogens is 1. The highest BCUT2D eigenvalue weighted by molar-refractivity contribution is 7.09. The summed E-state index contributed by atoms with van der Waals surface area (Å²) in [5, 5.41) is 0. The van der Waals surface area contributed by atoms with Gasteiger partial charge in [0.05, 0.1) is 11.2 Å². The second-order valence-electron chi connectivity index (χ2n) is 4.86. The third kappa shape index (κ3) is 3.86. The lowest BCUT2D eigenvalue weighted by Crippen LogP contribution is -2.39. The van der Waals surface area contributed by atoms with Crippen LogP contribution < -0.4 is 5.73 Å². The van der Waals surface area contributed by atoms with Crippen molar-refractivity contribution < 1.29 is 0 Å². The number of nitrogens with zero attached hydrogens (tertiary/aromatic N) is 2. The van der Waals surface area contributed by atoms with E-state index in [0.717, 1.165) is 18.7 Å². The molecule has 2 N–H and O–H groups in total. The monoisotopic (exact) mass is 275 g/mol. The summed E-state index contributed by atoms with van der Waals surface area (Å²) >= 11 is 1.72. The van der Waals surface area contributed by atoms with E-state index in [4.69, 9.17) is 5.73 Å². The van der Waals surface area contributed by atoms with Gasteiger partial charge in [-0.15, -0.1) is 11.3 Å². The van der Waals surface area contributed by atoms with Crippen molar-refractivity contribution in [3.8, 4) is 0 Å². The molecule has 1 unspecified atom stereocenters. The maximum Gasteiger partial charge on any atom is 0.0798 e. The normalized spacial score (nSPS) is 12.8. The lowest BCUT2D eigenvalue weighted by Gasteiger charge is -2.26. The lowest BCUT2D eigenvalue weighted by atomic mass is 10.0. The van der Waals surface area contributed by atoms with Gasteiger partial charge in [-0.1, -0.05) is 30.3 Å². The molecule has 0 amide bonds. The van der Waals surface area contributed by atoms with Gasteiger partial charge in [-0.3, -0.25) is 4.90 Å². The zero-order chi connectivity index (χ0) is 13.7. The second kappa shape index (κ2) is 6.80. The Hall–Kier alpha value is -1.23. The van der Waals surface area contributed by atoms with Crippen molar-refractivity contribution in [2.24, 2.45) is 5.73 Å². The second-order valence-corrected chi connectivity index (χ2v) is 5.79. The Balaban J connectivity index is 1.99. The third-order valence-corrected chi connectivity index (χ3v) is 4.37. The molecule has 2 aromatic rings. The maximum atomic E-state index is 5.93. The Morgan fingerprint density at radius 3 is 2.63 bits per heavy atom. The minimum atomic E-state index is 0.365. The smallest absolute Gasteiger partial charge is 0.0798 e. The molecular formula is C15H21N3S. The molecule has 1 atom stereocenters. The van der Waals surface area contributed by atoms with E-state index in [9.17, 15) is 0 Å². The van der Waals surface area contributed by atoms with E-state index >= 15 is 0 Å². The van der Waals surface area contributed by atoms with Gasteiger partial charge in [0.2, 0.25) is 0 Å². The molecule has 2 rings (SSSR count). The molecule has 0 aliphatic rings. The van der Waals surface area contributed by atoms with Crippen molar-refractivity contribution in [2.45, 2.75) is 25.9 Å². The summed E-state index contributed by atoms with van der Waals surface area (Å²) in [6.07, 6.45) is 0.992. The fourth-order valence-electron chi connectivity index (χ4n) is 2.14. The summed E-state index contributed by atoms with van der Waals surface area (Å²) < 4.78 is 0. The maximum absolute atomic E-state index is 5.93. The fourth-order valence-corrected chi connectivity index (χ4v) is 2.98. The Bertz CT molecular complexity index is 495. The number of likely N-dealkylation sites (N-methyl/N-ethyl adjacent to an activating group) is 1. The van der Waals surface area contributed by atoms with Crippen LogP contribution in [0.25, 0.3) is 0 Å².